The summed E-state index contributed by atoms with van der Waals surface area (Å²) in [7, 11) is 0. The first-order valence-corrected chi connectivity index (χ1v) is 7.26. The molecule has 108 valence electrons. The Kier molecular flexibility index (Phi) is 3.72. The van der Waals surface area contributed by atoms with Crippen molar-refractivity contribution in [3.05, 3.63) is 29.6 Å². The van der Waals surface area contributed by atoms with E-state index in [1.807, 2.05) is 30.0 Å². The Morgan fingerprint density at radius 2 is 2.25 bits per heavy atom. The number of carbonyl (C=O) groups is 1. The van der Waals surface area contributed by atoms with Gasteiger partial charge in [-0.05, 0) is 25.5 Å². The van der Waals surface area contributed by atoms with Crippen LogP contribution in [0.5, 0.6) is 0 Å². The molecule has 1 aromatic heterocycles. The maximum Gasteiger partial charge on any atom is 0.224 e. The van der Waals surface area contributed by atoms with E-state index in [4.69, 9.17) is 5.11 Å². The van der Waals surface area contributed by atoms with Gasteiger partial charge in [-0.25, -0.2) is 0 Å². The summed E-state index contributed by atoms with van der Waals surface area (Å²) in [4.78, 5) is 20.8. The molecule has 0 radical (unpaired) electrons. The van der Waals surface area contributed by atoms with Crippen LogP contribution in [-0.2, 0) is 11.3 Å². The Bertz CT molecular complexity index is 506. The molecule has 2 atom stereocenters. The second-order valence-corrected chi connectivity index (χ2v) is 5.68. The minimum atomic E-state index is 0.0500. The molecular formula is C15H21N3O2. The van der Waals surface area contributed by atoms with Crippen LogP contribution in [0, 0.1) is 6.92 Å². The van der Waals surface area contributed by atoms with Crippen LogP contribution >= 0.6 is 0 Å². The second-order valence-electron chi connectivity index (χ2n) is 5.68. The number of carbonyl (C=O) groups excluding carboxylic acids is 1. The average molecular weight is 275 g/mol. The summed E-state index contributed by atoms with van der Waals surface area (Å²) in [5, 5.41) is 9.08. The first kappa shape index (κ1) is 13.5. The highest BCUT2D eigenvalue weighted by Crippen LogP contribution is 2.32. The molecule has 1 amide bonds. The molecule has 0 saturated carbocycles. The van der Waals surface area contributed by atoms with Crippen molar-refractivity contribution in [2.75, 3.05) is 19.7 Å². The molecule has 2 saturated heterocycles. The van der Waals surface area contributed by atoms with Gasteiger partial charge in [0.15, 0.2) is 0 Å². The van der Waals surface area contributed by atoms with Gasteiger partial charge < -0.3 is 10.0 Å². The van der Waals surface area contributed by atoms with Gasteiger partial charge in [-0.2, -0.15) is 0 Å². The molecule has 5 heteroatoms. The SMILES string of the molecule is Cc1cccc(CN2CCC3C2CC(=O)N3CCO)n1. The second kappa shape index (κ2) is 5.50. The number of aryl methyl sites for hydroxylation is 1. The molecule has 1 N–H and O–H groups in total. The fraction of sp³-hybridized carbons (Fsp3) is 0.600. The summed E-state index contributed by atoms with van der Waals surface area (Å²) in [6.07, 6.45) is 1.58. The number of β-amino-alcohol motifs (C(OH)–C–C–N with tert-alkyl or cyclic N) is 1. The van der Waals surface area contributed by atoms with E-state index < -0.39 is 0 Å². The van der Waals surface area contributed by atoms with Gasteiger partial charge in [0.05, 0.1) is 12.3 Å². The summed E-state index contributed by atoms with van der Waals surface area (Å²) in [6, 6.07) is 6.64. The summed E-state index contributed by atoms with van der Waals surface area (Å²) in [5.74, 6) is 0.177. The van der Waals surface area contributed by atoms with Gasteiger partial charge in [0, 0.05) is 43.8 Å². The van der Waals surface area contributed by atoms with E-state index in [0.717, 1.165) is 30.9 Å². The first-order valence-electron chi connectivity index (χ1n) is 7.26. The molecule has 3 rings (SSSR count). The third-order valence-corrected chi connectivity index (χ3v) is 4.38. The maximum atomic E-state index is 12.0. The highest BCUT2D eigenvalue weighted by molar-refractivity contribution is 5.80. The standard InChI is InChI=1S/C15H21N3O2/c1-11-3-2-4-12(16-11)10-17-6-5-13-14(17)9-15(20)18(13)7-8-19/h2-4,13-14,19H,5-10H2,1H3. The van der Waals surface area contributed by atoms with Crippen LogP contribution in [0.3, 0.4) is 0 Å². The van der Waals surface area contributed by atoms with E-state index >= 15 is 0 Å². The summed E-state index contributed by atoms with van der Waals surface area (Å²) in [6.45, 7) is 4.33. The van der Waals surface area contributed by atoms with Crippen LogP contribution in [-0.4, -0.2) is 57.6 Å². The van der Waals surface area contributed by atoms with E-state index in [1.54, 1.807) is 0 Å². The van der Waals surface area contributed by atoms with Crippen molar-refractivity contribution in [2.45, 2.75) is 38.4 Å². The van der Waals surface area contributed by atoms with E-state index in [2.05, 4.69) is 9.88 Å². The maximum absolute atomic E-state index is 12.0. The van der Waals surface area contributed by atoms with Gasteiger partial charge in [0.25, 0.3) is 0 Å². The zero-order valence-electron chi connectivity index (χ0n) is 11.8. The number of pyridine rings is 1. The topological polar surface area (TPSA) is 56.7 Å². The van der Waals surface area contributed by atoms with Crippen LogP contribution in [0.2, 0.25) is 0 Å². The fourth-order valence-corrected chi connectivity index (χ4v) is 3.50. The van der Waals surface area contributed by atoms with Crippen molar-refractivity contribution in [3.8, 4) is 0 Å². The summed E-state index contributed by atoms with van der Waals surface area (Å²) < 4.78 is 0. The Morgan fingerprint density at radius 3 is 3.00 bits per heavy atom. The number of likely N-dealkylation sites (tertiary alicyclic amines) is 2. The van der Waals surface area contributed by atoms with E-state index in [0.29, 0.717) is 13.0 Å². The number of aliphatic hydroxyl groups excluding tert-OH is 1. The lowest BCUT2D eigenvalue weighted by molar-refractivity contribution is -0.129. The van der Waals surface area contributed by atoms with Gasteiger partial charge >= 0.3 is 0 Å². The van der Waals surface area contributed by atoms with Crippen molar-refractivity contribution in [1.29, 1.82) is 0 Å². The number of hydrogen-bond donors (Lipinski definition) is 1. The molecule has 0 aromatic carbocycles. The highest BCUT2D eigenvalue weighted by atomic mass is 16.3. The number of aromatic nitrogens is 1. The van der Waals surface area contributed by atoms with Gasteiger partial charge in [0.2, 0.25) is 5.91 Å². The first-order chi connectivity index (χ1) is 9.69. The zero-order chi connectivity index (χ0) is 14.1. The normalized spacial score (nSPS) is 26.3. The predicted octanol–water partition coefficient (Wildman–Crippen LogP) is 0.558. The van der Waals surface area contributed by atoms with E-state index in [9.17, 15) is 4.79 Å². The van der Waals surface area contributed by atoms with Gasteiger partial charge in [-0.15, -0.1) is 0 Å². The average Bonchev–Trinajstić information content (AvgIpc) is 2.92. The van der Waals surface area contributed by atoms with Crippen LogP contribution in [0.4, 0.5) is 0 Å². The number of fused-ring (bicyclic) bond motifs is 1. The summed E-state index contributed by atoms with van der Waals surface area (Å²) >= 11 is 0. The smallest absolute Gasteiger partial charge is 0.224 e. The number of hydrogen-bond acceptors (Lipinski definition) is 4. The zero-order valence-corrected chi connectivity index (χ0v) is 11.8. The minimum absolute atomic E-state index is 0.0500. The quantitative estimate of drug-likeness (QED) is 0.872. The molecule has 2 aliphatic rings. The molecule has 2 aliphatic heterocycles. The lowest BCUT2D eigenvalue weighted by Crippen LogP contribution is -2.38. The fourth-order valence-electron chi connectivity index (χ4n) is 3.50. The van der Waals surface area contributed by atoms with Gasteiger partial charge in [-0.1, -0.05) is 6.07 Å². The number of rotatable bonds is 4. The molecule has 0 aliphatic carbocycles. The Hall–Kier alpha value is -1.46. The third kappa shape index (κ3) is 2.43. The number of amides is 1. The van der Waals surface area contributed by atoms with Crippen LogP contribution in [0.15, 0.2) is 18.2 Å². The third-order valence-electron chi connectivity index (χ3n) is 4.38. The molecule has 0 spiro atoms. The Balaban J connectivity index is 1.70. The molecular weight excluding hydrogens is 254 g/mol. The van der Waals surface area contributed by atoms with Crippen LogP contribution in [0.25, 0.3) is 0 Å². The monoisotopic (exact) mass is 275 g/mol. The molecule has 2 unspecified atom stereocenters. The molecule has 0 bridgehead atoms. The minimum Gasteiger partial charge on any atom is -0.395 e. The Morgan fingerprint density at radius 1 is 1.40 bits per heavy atom. The molecule has 5 nitrogen and oxygen atoms in total. The lowest BCUT2D eigenvalue weighted by Gasteiger charge is -2.24. The number of nitrogens with zero attached hydrogens (tertiary/aromatic N) is 3. The van der Waals surface area contributed by atoms with Crippen LogP contribution in [0.1, 0.15) is 24.2 Å². The van der Waals surface area contributed by atoms with Crippen molar-refractivity contribution < 1.29 is 9.90 Å². The molecule has 20 heavy (non-hydrogen) atoms. The summed E-state index contributed by atoms with van der Waals surface area (Å²) in [5.41, 5.74) is 2.10. The van der Waals surface area contributed by atoms with Gasteiger partial charge in [0.1, 0.15) is 0 Å². The highest BCUT2D eigenvalue weighted by Gasteiger charge is 2.46. The van der Waals surface area contributed by atoms with E-state index in [1.165, 1.54) is 0 Å². The van der Waals surface area contributed by atoms with Crippen LogP contribution < -0.4 is 0 Å². The predicted molar refractivity (Wildman–Crippen MR) is 75.0 cm³/mol. The largest absolute Gasteiger partial charge is 0.395 e. The Labute approximate surface area is 119 Å². The van der Waals surface area contributed by atoms with Crippen molar-refractivity contribution in [3.63, 3.8) is 0 Å². The number of aliphatic hydroxyl groups is 1. The van der Waals surface area contributed by atoms with Gasteiger partial charge in [-0.3, -0.25) is 14.7 Å². The van der Waals surface area contributed by atoms with Crippen molar-refractivity contribution in [2.24, 2.45) is 0 Å². The van der Waals surface area contributed by atoms with Crippen molar-refractivity contribution in [1.82, 2.24) is 14.8 Å². The van der Waals surface area contributed by atoms with Crippen molar-refractivity contribution >= 4 is 5.91 Å². The molecule has 3 heterocycles. The van der Waals surface area contributed by atoms with E-state index in [-0.39, 0.29) is 24.6 Å². The molecule has 2 fully saturated rings. The molecule has 1 aromatic rings. The lowest BCUT2D eigenvalue weighted by atomic mass is 10.1.